The molecule has 2 heterocycles. The van der Waals surface area contributed by atoms with Crippen LogP contribution in [0, 0.1) is 12.8 Å². The number of amides is 1. The standard InChI is InChI=1S/C28H29NO6/c1-17(2)16-35-22-12-9-20(14-18(22)3)26(30)24-25(23-6-5-13-34-23)29(28(32)27(24)31)15-19-7-10-21(33-4)11-8-19/h5-14,17,25,30H,15-16H2,1-4H3/b26-24-. The highest BCUT2D eigenvalue weighted by Crippen LogP contribution is 2.41. The van der Waals surface area contributed by atoms with E-state index in [1.807, 2.05) is 19.1 Å². The number of ether oxygens (including phenoxy) is 2. The van der Waals surface area contributed by atoms with Crippen molar-refractivity contribution in [2.45, 2.75) is 33.4 Å². The molecule has 1 amide bonds. The van der Waals surface area contributed by atoms with Crippen LogP contribution in [0.25, 0.3) is 5.76 Å². The lowest BCUT2D eigenvalue weighted by Crippen LogP contribution is -2.29. The molecule has 0 aliphatic carbocycles. The van der Waals surface area contributed by atoms with Gasteiger partial charge < -0.3 is 23.9 Å². The fourth-order valence-corrected chi connectivity index (χ4v) is 4.08. The van der Waals surface area contributed by atoms with Crippen LogP contribution in [0.2, 0.25) is 0 Å². The molecule has 1 N–H and O–H groups in total. The number of ketones is 1. The molecular formula is C28H29NO6. The van der Waals surface area contributed by atoms with Gasteiger partial charge in [0.2, 0.25) is 0 Å². The fraction of sp³-hybridized carbons (Fsp3) is 0.286. The van der Waals surface area contributed by atoms with E-state index in [9.17, 15) is 14.7 Å². The number of benzene rings is 2. The summed E-state index contributed by atoms with van der Waals surface area (Å²) in [4.78, 5) is 27.7. The van der Waals surface area contributed by atoms with Crippen molar-refractivity contribution in [1.29, 1.82) is 0 Å². The Hall–Kier alpha value is -4.00. The largest absolute Gasteiger partial charge is 0.507 e. The molecule has 0 spiro atoms. The number of aryl methyl sites for hydroxylation is 1. The Balaban J connectivity index is 1.73. The zero-order chi connectivity index (χ0) is 25.1. The zero-order valence-corrected chi connectivity index (χ0v) is 20.3. The number of Topliss-reactive ketones (excluding diaryl/α,β-unsaturated/α-hetero) is 1. The first-order valence-corrected chi connectivity index (χ1v) is 11.5. The molecule has 35 heavy (non-hydrogen) atoms. The maximum Gasteiger partial charge on any atom is 0.296 e. The number of hydrogen-bond acceptors (Lipinski definition) is 6. The minimum Gasteiger partial charge on any atom is -0.507 e. The lowest BCUT2D eigenvalue weighted by Gasteiger charge is -2.23. The molecule has 1 unspecified atom stereocenters. The van der Waals surface area contributed by atoms with E-state index in [-0.39, 0.29) is 17.9 Å². The molecule has 3 aromatic rings. The Kier molecular flexibility index (Phi) is 6.96. The average Bonchev–Trinajstić information content (AvgIpc) is 3.46. The number of hydrogen-bond donors (Lipinski definition) is 1. The van der Waals surface area contributed by atoms with Gasteiger partial charge in [-0.05, 0) is 66.4 Å². The molecule has 1 atom stereocenters. The summed E-state index contributed by atoms with van der Waals surface area (Å²) in [6.07, 6.45) is 1.48. The molecule has 182 valence electrons. The molecule has 1 aliphatic heterocycles. The number of furan rings is 1. The van der Waals surface area contributed by atoms with E-state index in [2.05, 4.69) is 13.8 Å². The molecule has 2 aromatic carbocycles. The second-order valence-corrected chi connectivity index (χ2v) is 8.98. The van der Waals surface area contributed by atoms with Crippen molar-refractivity contribution >= 4 is 17.4 Å². The first kappa shape index (κ1) is 24.1. The third-order valence-electron chi connectivity index (χ3n) is 5.89. The van der Waals surface area contributed by atoms with Gasteiger partial charge in [0.1, 0.15) is 29.1 Å². The van der Waals surface area contributed by atoms with Gasteiger partial charge in [0.25, 0.3) is 11.7 Å². The summed E-state index contributed by atoms with van der Waals surface area (Å²) >= 11 is 0. The molecule has 7 heteroatoms. The molecule has 4 rings (SSSR count). The summed E-state index contributed by atoms with van der Waals surface area (Å²) in [7, 11) is 1.58. The third-order valence-corrected chi connectivity index (χ3v) is 5.89. The van der Waals surface area contributed by atoms with E-state index in [4.69, 9.17) is 13.9 Å². The summed E-state index contributed by atoms with van der Waals surface area (Å²) in [6.45, 7) is 6.74. The van der Waals surface area contributed by atoms with Crippen molar-refractivity contribution in [3.8, 4) is 11.5 Å². The Labute approximate surface area is 204 Å². The van der Waals surface area contributed by atoms with Crippen LogP contribution >= 0.6 is 0 Å². The number of likely N-dealkylation sites (tertiary alicyclic amines) is 1. The Morgan fingerprint density at radius 2 is 1.86 bits per heavy atom. The first-order valence-electron chi connectivity index (χ1n) is 11.5. The number of nitrogens with zero attached hydrogens (tertiary/aromatic N) is 1. The highest BCUT2D eigenvalue weighted by molar-refractivity contribution is 6.46. The topological polar surface area (TPSA) is 89.2 Å². The van der Waals surface area contributed by atoms with Gasteiger partial charge in [-0.2, -0.15) is 0 Å². The van der Waals surface area contributed by atoms with Crippen molar-refractivity contribution in [3.05, 3.63) is 88.9 Å². The SMILES string of the molecule is COc1ccc(CN2C(=O)C(=O)/C(=C(\O)c3ccc(OCC(C)C)c(C)c3)C2c2ccco2)cc1. The van der Waals surface area contributed by atoms with Gasteiger partial charge in [-0.25, -0.2) is 0 Å². The predicted molar refractivity (Wildman–Crippen MR) is 131 cm³/mol. The van der Waals surface area contributed by atoms with Crippen molar-refractivity contribution in [2.24, 2.45) is 5.92 Å². The highest BCUT2D eigenvalue weighted by Gasteiger charge is 2.47. The number of methoxy groups -OCH3 is 1. The molecule has 1 aromatic heterocycles. The van der Waals surface area contributed by atoms with Gasteiger partial charge in [0.05, 0.1) is 25.6 Å². The molecule has 0 bridgehead atoms. The lowest BCUT2D eigenvalue weighted by atomic mass is 9.98. The number of carbonyl (C=O) groups excluding carboxylic acids is 2. The summed E-state index contributed by atoms with van der Waals surface area (Å²) < 4.78 is 16.6. The lowest BCUT2D eigenvalue weighted by molar-refractivity contribution is -0.140. The monoisotopic (exact) mass is 475 g/mol. The second-order valence-electron chi connectivity index (χ2n) is 8.98. The second kappa shape index (κ2) is 10.1. The highest BCUT2D eigenvalue weighted by atomic mass is 16.5. The van der Waals surface area contributed by atoms with Crippen LogP contribution in [0.5, 0.6) is 11.5 Å². The van der Waals surface area contributed by atoms with Crippen LogP contribution in [-0.4, -0.2) is 35.4 Å². The maximum absolute atomic E-state index is 13.2. The fourth-order valence-electron chi connectivity index (χ4n) is 4.08. The van der Waals surface area contributed by atoms with Crippen molar-refractivity contribution < 1.29 is 28.6 Å². The first-order chi connectivity index (χ1) is 16.8. The number of aliphatic hydroxyl groups excluding tert-OH is 1. The van der Waals surface area contributed by atoms with Crippen LogP contribution in [0.1, 0.15) is 42.3 Å². The van der Waals surface area contributed by atoms with Gasteiger partial charge in [-0.1, -0.05) is 26.0 Å². The third kappa shape index (κ3) is 4.94. The zero-order valence-electron chi connectivity index (χ0n) is 20.3. The van der Waals surface area contributed by atoms with E-state index in [0.717, 1.165) is 11.1 Å². The summed E-state index contributed by atoms with van der Waals surface area (Å²) in [5.74, 6) is 0.464. The van der Waals surface area contributed by atoms with Gasteiger partial charge in [0, 0.05) is 12.1 Å². The van der Waals surface area contributed by atoms with E-state index in [1.54, 1.807) is 49.6 Å². The molecule has 0 saturated carbocycles. The minimum atomic E-state index is -0.857. The number of rotatable bonds is 8. The number of aliphatic hydroxyl groups is 1. The van der Waals surface area contributed by atoms with Gasteiger partial charge in [0.15, 0.2) is 0 Å². The van der Waals surface area contributed by atoms with Gasteiger partial charge >= 0.3 is 0 Å². The van der Waals surface area contributed by atoms with Crippen LogP contribution in [0.3, 0.4) is 0 Å². The molecule has 1 fully saturated rings. The quantitative estimate of drug-likeness (QED) is 0.272. The van der Waals surface area contributed by atoms with E-state index < -0.39 is 17.7 Å². The maximum atomic E-state index is 13.2. The molecule has 7 nitrogen and oxygen atoms in total. The van der Waals surface area contributed by atoms with E-state index >= 15 is 0 Å². The molecule has 1 aliphatic rings. The summed E-state index contributed by atoms with van der Waals surface area (Å²) in [6, 6.07) is 15.0. The summed E-state index contributed by atoms with van der Waals surface area (Å²) in [5.41, 5.74) is 2.05. The van der Waals surface area contributed by atoms with Crippen molar-refractivity contribution in [2.75, 3.05) is 13.7 Å². The van der Waals surface area contributed by atoms with Gasteiger partial charge in [-0.15, -0.1) is 0 Å². The van der Waals surface area contributed by atoms with Crippen LogP contribution < -0.4 is 9.47 Å². The van der Waals surface area contributed by atoms with Crippen LogP contribution in [0.4, 0.5) is 0 Å². The Bertz CT molecular complexity index is 1240. The smallest absolute Gasteiger partial charge is 0.296 e. The van der Waals surface area contributed by atoms with Crippen molar-refractivity contribution in [3.63, 3.8) is 0 Å². The number of carbonyl (C=O) groups is 2. The Morgan fingerprint density at radius 3 is 2.46 bits per heavy atom. The molecule has 1 saturated heterocycles. The predicted octanol–water partition coefficient (Wildman–Crippen LogP) is 5.25. The minimum absolute atomic E-state index is 0.00582. The van der Waals surface area contributed by atoms with E-state index in [1.165, 1.54) is 11.2 Å². The average molecular weight is 476 g/mol. The van der Waals surface area contributed by atoms with E-state index in [0.29, 0.717) is 35.3 Å². The molecular weight excluding hydrogens is 446 g/mol. The van der Waals surface area contributed by atoms with Gasteiger partial charge in [-0.3, -0.25) is 9.59 Å². The molecule has 0 radical (unpaired) electrons. The van der Waals surface area contributed by atoms with Crippen molar-refractivity contribution in [1.82, 2.24) is 4.90 Å². The van der Waals surface area contributed by atoms with Crippen LogP contribution in [-0.2, 0) is 16.1 Å². The Morgan fingerprint density at radius 1 is 1.11 bits per heavy atom. The summed E-state index contributed by atoms with van der Waals surface area (Å²) in [5, 5.41) is 11.2. The normalized spacial score (nSPS) is 17.3. The van der Waals surface area contributed by atoms with Crippen LogP contribution in [0.15, 0.2) is 70.9 Å².